The molecule has 1 amide bonds. The largest absolute Gasteiger partial charge is 0.487 e. The Morgan fingerprint density at radius 2 is 1.89 bits per heavy atom. The molecule has 8 nitrogen and oxygen atoms in total. The monoisotopic (exact) mass is 384 g/mol. The third-order valence-corrected chi connectivity index (χ3v) is 4.71. The fourth-order valence-corrected chi connectivity index (χ4v) is 3.18. The Labute approximate surface area is 163 Å². The number of nitro groups is 1. The number of hydrogen-bond acceptors (Lipinski definition) is 6. The Morgan fingerprint density at radius 3 is 2.57 bits per heavy atom. The molecule has 8 heteroatoms. The topological polar surface area (TPSA) is 88.0 Å². The number of ether oxygens (including phenoxy) is 1. The number of nitro benzene ring substituents is 1. The van der Waals surface area contributed by atoms with Gasteiger partial charge in [0.05, 0.1) is 22.9 Å². The van der Waals surface area contributed by atoms with Crippen LogP contribution in [0.2, 0.25) is 0 Å². The first-order valence-electron chi connectivity index (χ1n) is 9.24. The van der Waals surface area contributed by atoms with Gasteiger partial charge in [-0.3, -0.25) is 14.9 Å². The molecule has 0 radical (unpaired) electrons. The van der Waals surface area contributed by atoms with Crippen LogP contribution in [0.1, 0.15) is 17.3 Å². The predicted molar refractivity (Wildman–Crippen MR) is 108 cm³/mol. The number of nitrogens with one attached hydrogen (secondary N) is 1. The third kappa shape index (κ3) is 4.40. The number of hydrogen-bond donors (Lipinski definition) is 1. The van der Waals surface area contributed by atoms with E-state index in [0.29, 0.717) is 12.3 Å². The SMILES string of the molecule is CCOc1ccc(C(=O)Nc2ccccc2N2CCN(C)CC2)cc1[N+](=O)[O-]. The van der Waals surface area contributed by atoms with E-state index >= 15 is 0 Å². The quantitative estimate of drug-likeness (QED) is 0.608. The normalized spacial score (nSPS) is 14.6. The number of amides is 1. The van der Waals surface area contributed by atoms with E-state index in [1.54, 1.807) is 6.92 Å². The number of rotatable bonds is 6. The van der Waals surface area contributed by atoms with Gasteiger partial charge in [0.15, 0.2) is 5.75 Å². The lowest BCUT2D eigenvalue weighted by Gasteiger charge is -2.35. The molecular weight excluding hydrogens is 360 g/mol. The van der Waals surface area contributed by atoms with E-state index in [2.05, 4.69) is 22.2 Å². The molecule has 2 aromatic rings. The molecule has 3 rings (SSSR count). The van der Waals surface area contributed by atoms with Gasteiger partial charge >= 0.3 is 5.69 Å². The highest BCUT2D eigenvalue weighted by atomic mass is 16.6. The van der Waals surface area contributed by atoms with Gasteiger partial charge in [-0.1, -0.05) is 12.1 Å². The van der Waals surface area contributed by atoms with Crippen molar-refractivity contribution in [1.29, 1.82) is 0 Å². The summed E-state index contributed by atoms with van der Waals surface area (Å²) in [6.45, 7) is 5.71. The van der Waals surface area contributed by atoms with Gasteiger partial charge < -0.3 is 19.9 Å². The highest BCUT2D eigenvalue weighted by Crippen LogP contribution is 2.30. The van der Waals surface area contributed by atoms with Crippen molar-refractivity contribution in [2.24, 2.45) is 0 Å². The fourth-order valence-electron chi connectivity index (χ4n) is 3.18. The van der Waals surface area contributed by atoms with Gasteiger partial charge in [0.2, 0.25) is 0 Å². The lowest BCUT2D eigenvalue weighted by atomic mass is 10.1. The summed E-state index contributed by atoms with van der Waals surface area (Å²) in [7, 11) is 2.09. The molecule has 1 aliphatic heterocycles. The summed E-state index contributed by atoms with van der Waals surface area (Å²) in [5.41, 5.74) is 1.63. The molecule has 1 saturated heterocycles. The summed E-state index contributed by atoms with van der Waals surface area (Å²) in [6.07, 6.45) is 0. The zero-order chi connectivity index (χ0) is 20.1. The number of carbonyl (C=O) groups is 1. The van der Waals surface area contributed by atoms with Crippen molar-refractivity contribution in [1.82, 2.24) is 4.90 Å². The molecule has 1 fully saturated rings. The lowest BCUT2D eigenvalue weighted by molar-refractivity contribution is -0.385. The number of anilines is 2. The average Bonchev–Trinajstić information content (AvgIpc) is 2.69. The highest BCUT2D eigenvalue weighted by molar-refractivity contribution is 6.06. The Hall–Kier alpha value is -3.13. The van der Waals surface area contributed by atoms with Gasteiger partial charge in [0.25, 0.3) is 5.91 Å². The van der Waals surface area contributed by atoms with Crippen LogP contribution in [0.3, 0.4) is 0 Å². The molecule has 0 saturated carbocycles. The molecule has 28 heavy (non-hydrogen) atoms. The van der Waals surface area contributed by atoms with Crippen LogP contribution in [0.15, 0.2) is 42.5 Å². The minimum atomic E-state index is -0.542. The Morgan fingerprint density at radius 1 is 1.18 bits per heavy atom. The maximum atomic E-state index is 12.7. The van der Waals surface area contributed by atoms with Gasteiger partial charge in [0.1, 0.15) is 0 Å². The Kier molecular flexibility index (Phi) is 6.10. The molecule has 0 aliphatic carbocycles. The van der Waals surface area contributed by atoms with Crippen LogP contribution in [0.4, 0.5) is 17.1 Å². The van der Waals surface area contributed by atoms with Crippen molar-refractivity contribution in [3.8, 4) is 5.75 Å². The number of benzene rings is 2. The number of para-hydroxylation sites is 2. The third-order valence-electron chi connectivity index (χ3n) is 4.71. The van der Waals surface area contributed by atoms with Crippen molar-refractivity contribution in [3.63, 3.8) is 0 Å². The van der Waals surface area contributed by atoms with E-state index in [9.17, 15) is 14.9 Å². The van der Waals surface area contributed by atoms with E-state index in [4.69, 9.17) is 4.74 Å². The van der Waals surface area contributed by atoms with Gasteiger partial charge in [-0.2, -0.15) is 0 Å². The van der Waals surface area contributed by atoms with Crippen LogP contribution in [0, 0.1) is 10.1 Å². The predicted octanol–water partition coefficient (Wildman–Crippen LogP) is 3.00. The van der Waals surface area contributed by atoms with E-state index in [-0.39, 0.29) is 17.0 Å². The van der Waals surface area contributed by atoms with Gasteiger partial charge in [-0.25, -0.2) is 0 Å². The van der Waals surface area contributed by atoms with Crippen LogP contribution in [0.5, 0.6) is 5.75 Å². The van der Waals surface area contributed by atoms with Crippen LogP contribution >= 0.6 is 0 Å². The second-order valence-electron chi connectivity index (χ2n) is 6.63. The first-order chi connectivity index (χ1) is 13.5. The highest BCUT2D eigenvalue weighted by Gasteiger charge is 2.21. The van der Waals surface area contributed by atoms with Gasteiger partial charge in [-0.15, -0.1) is 0 Å². The molecule has 0 atom stereocenters. The molecule has 148 valence electrons. The molecule has 1 N–H and O–H groups in total. The molecule has 0 bridgehead atoms. The average molecular weight is 384 g/mol. The molecule has 0 aromatic heterocycles. The molecule has 0 unspecified atom stereocenters. The summed E-state index contributed by atoms with van der Waals surface area (Å²) >= 11 is 0. The van der Waals surface area contributed by atoms with Gasteiger partial charge in [0, 0.05) is 37.8 Å². The number of piperazine rings is 1. The van der Waals surface area contributed by atoms with Crippen LogP contribution in [-0.2, 0) is 0 Å². The first-order valence-corrected chi connectivity index (χ1v) is 9.24. The summed E-state index contributed by atoms with van der Waals surface area (Å²) in [6, 6.07) is 11.9. The van der Waals surface area contributed by atoms with Gasteiger partial charge in [-0.05, 0) is 38.2 Å². The lowest BCUT2D eigenvalue weighted by Crippen LogP contribution is -2.44. The summed E-state index contributed by atoms with van der Waals surface area (Å²) < 4.78 is 5.27. The van der Waals surface area contributed by atoms with E-state index < -0.39 is 10.8 Å². The molecule has 1 aliphatic rings. The van der Waals surface area contributed by atoms with E-state index in [1.807, 2.05) is 24.3 Å². The zero-order valence-electron chi connectivity index (χ0n) is 16.1. The summed E-state index contributed by atoms with van der Waals surface area (Å²) in [5.74, 6) is -0.241. The Bertz CT molecular complexity index is 863. The molecule has 2 aromatic carbocycles. The van der Waals surface area contributed by atoms with E-state index in [0.717, 1.165) is 31.9 Å². The second-order valence-corrected chi connectivity index (χ2v) is 6.63. The molecule has 0 spiro atoms. The van der Waals surface area contributed by atoms with Crippen molar-refractivity contribution in [2.45, 2.75) is 6.92 Å². The molecular formula is C20H24N4O4. The number of nitrogens with zero attached hydrogens (tertiary/aromatic N) is 3. The maximum absolute atomic E-state index is 12.7. The maximum Gasteiger partial charge on any atom is 0.311 e. The zero-order valence-corrected chi connectivity index (χ0v) is 16.1. The van der Waals surface area contributed by atoms with Crippen molar-refractivity contribution in [3.05, 3.63) is 58.1 Å². The summed E-state index contributed by atoms with van der Waals surface area (Å²) in [5, 5.41) is 14.2. The van der Waals surface area contributed by atoms with Crippen molar-refractivity contribution in [2.75, 3.05) is 50.1 Å². The minimum absolute atomic E-state index is 0.155. The van der Waals surface area contributed by atoms with E-state index in [1.165, 1.54) is 18.2 Å². The Balaban J connectivity index is 1.82. The first kappa shape index (κ1) is 19.6. The standard InChI is InChI=1S/C20H24N4O4/c1-3-28-19-9-8-15(14-18(19)24(26)27)20(25)21-16-6-4-5-7-17(16)23-12-10-22(2)11-13-23/h4-9,14H,3,10-13H2,1-2H3,(H,21,25). The molecule has 1 heterocycles. The summed E-state index contributed by atoms with van der Waals surface area (Å²) in [4.78, 5) is 28.0. The number of likely N-dealkylation sites (N-methyl/N-ethyl adjacent to an activating group) is 1. The fraction of sp³-hybridized carbons (Fsp3) is 0.350. The smallest absolute Gasteiger partial charge is 0.311 e. The van der Waals surface area contributed by atoms with Crippen LogP contribution in [-0.4, -0.2) is 55.6 Å². The van der Waals surface area contributed by atoms with Crippen molar-refractivity contribution >= 4 is 23.0 Å². The minimum Gasteiger partial charge on any atom is -0.487 e. The second kappa shape index (κ2) is 8.71. The van der Waals surface area contributed by atoms with Crippen LogP contribution < -0.4 is 15.0 Å². The van der Waals surface area contributed by atoms with Crippen molar-refractivity contribution < 1.29 is 14.5 Å². The number of carbonyl (C=O) groups excluding carboxylic acids is 1. The van der Waals surface area contributed by atoms with Crippen LogP contribution in [0.25, 0.3) is 0 Å².